The zero-order valence-corrected chi connectivity index (χ0v) is 52.7. The second-order valence-corrected chi connectivity index (χ2v) is 29.4. The molecule has 0 aromatic heterocycles. The largest absolute Gasteiger partial charge is 0.103 e. The maximum atomic E-state index is 3.79. The highest BCUT2D eigenvalue weighted by molar-refractivity contribution is 5.06. The van der Waals surface area contributed by atoms with Gasteiger partial charge in [0.15, 0.2) is 0 Å². The van der Waals surface area contributed by atoms with Crippen LogP contribution in [0.4, 0.5) is 0 Å². The molecule has 10 fully saturated rings. The smallest absolute Gasteiger partial charge is 0.0200 e. The van der Waals surface area contributed by atoms with Gasteiger partial charge in [-0.15, -0.1) is 6.58 Å². The number of rotatable bonds is 21. The Kier molecular flexibility index (Phi) is 26.5. The van der Waals surface area contributed by atoms with E-state index in [9.17, 15) is 0 Å². The molecule has 10 aliphatic rings. The van der Waals surface area contributed by atoms with Gasteiger partial charge in [0.1, 0.15) is 0 Å². The van der Waals surface area contributed by atoms with E-state index in [1.807, 2.05) is 0 Å². The van der Waals surface area contributed by atoms with Crippen LogP contribution < -0.4 is 0 Å². The quantitative estimate of drug-likeness (QED) is 0.0794. The maximum absolute atomic E-state index is 3.79. The normalized spacial score (nSPS) is 44.2. The molecule has 0 aromatic carbocycles. The van der Waals surface area contributed by atoms with Crippen molar-refractivity contribution in [3.05, 3.63) is 61.3 Å². The maximum Gasteiger partial charge on any atom is -0.0200 e. The number of unbranched alkanes of at least 4 members (excludes halogenated alkanes) is 6. The van der Waals surface area contributed by atoms with Crippen LogP contribution >= 0.6 is 0 Å². The Morgan fingerprint density at radius 3 is 1.23 bits per heavy atom. The summed E-state index contributed by atoms with van der Waals surface area (Å²) in [6.07, 6.45) is 58.0. The Morgan fingerprint density at radius 1 is 0.347 bits per heavy atom. The van der Waals surface area contributed by atoms with E-state index in [-0.39, 0.29) is 0 Å². The van der Waals surface area contributed by atoms with E-state index in [0.29, 0.717) is 0 Å². The van der Waals surface area contributed by atoms with Crippen LogP contribution in [0, 0.1) is 148 Å². The van der Waals surface area contributed by atoms with E-state index in [1.54, 1.807) is 32.1 Å². The summed E-state index contributed by atoms with van der Waals surface area (Å²) in [5.74, 6) is 25.8. The third kappa shape index (κ3) is 16.4. The third-order valence-electron chi connectivity index (χ3n) is 25.8. The number of allylic oxidation sites excluding steroid dienone is 9. The first-order valence-corrected chi connectivity index (χ1v) is 34.4. The molecule has 0 heteroatoms. The Balaban J connectivity index is 0.000000152. The Bertz CT molecular complexity index is 1700. The Hall–Kier alpha value is -1.30. The predicted molar refractivity (Wildman–Crippen MR) is 333 cm³/mol. The van der Waals surface area contributed by atoms with Crippen LogP contribution in [0.15, 0.2) is 61.3 Å². The molecule has 0 aromatic rings. The molecule has 10 rings (SSSR count). The molecule has 0 heterocycles. The molecule has 0 N–H and O–H groups in total. The molecular weight excluding hydrogens is 901 g/mol. The summed E-state index contributed by atoms with van der Waals surface area (Å²) in [7, 11) is 0. The third-order valence-corrected chi connectivity index (χ3v) is 25.8. The minimum atomic E-state index is 0.929. The zero-order chi connectivity index (χ0) is 54.2. The summed E-state index contributed by atoms with van der Waals surface area (Å²) >= 11 is 0. The van der Waals surface area contributed by atoms with Crippen molar-refractivity contribution in [2.45, 2.75) is 264 Å². The minimum Gasteiger partial charge on any atom is -0.103 e. The monoisotopic (exact) mass is 1030 g/mol. The molecule has 10 aliphatic carbocycles. The fraction of sp³-hybridized carbons (Fsp3) is 0.867. The molecule has 25 atom stereocenters. The van der Waals surface area contributed by atoms with E-state index in [2.05, 4.69) is 158 Å². The fourth-order valence-electron chi connectivity index (χ4n) is 20.0. The summed E-state index contributed by atoms with van der Waals surface area (Å²) in [4.78, 5) is 0. The lowest BCUT2D eigenvalue weighted by Gasteiger charge is -2.31. The summed E-state index contributed by atoms with van der Waals surface area (Å²) < 4.78 is 0. The van der Waals surface area contributed by atoms with Gasteiger partial charge in [0.2, 0.25) is 0 Å². The Labute approximate surface area is 470 Å². The lowest BCUT2D eigenvalue weighted by molar-refractivity contribution is 0.179. The molecule has 0 spiro atoms. The highest BCUT2D eigenvalue weighted by Crippen LogP contribution is 2.60. The van der Waals surface area contributed by atoms with Gasteiger partial charge in [0.05, 0.1) is 0 Å². The molecule has 0 radical (unpaired) electrons. The first kappa shape index (κ1) is 62.9. The van der Waals surface area contributed by atoms with Crippen molar-refractivity contribution in [3.63, 3.8) is 0 Å². The minimum absolute atomic E-state index is 0.929. The van der Waals surface area contributed by atoms with E-state index >= 15 is 0 Å². The topological polar surface area (TPSA) is 0 Å². The van der Waals surface area contributed by atoms with Crippen molar-refractivity contribution in [2.75, 3.05) is 0 Å². The summed E-state index contributed by atoms with van der Waals surface area (Å²) in [5, 5.41) is 0. The Morgan fingerprint density at radius 2 is 0.787 bits per heavy atom. The van der Waals surface area contributed by atoms with Gasteiger partial charge in [0, 0.05) is 0 Å². The van der Waals surface area contributed by atoms with E-state index in [1.165, 1.54) is 135 Å². The first-order chi connectivity index (χ1) is 36.2. The van der Waals surface area contributed by atoms with Crippen molar-refractivity contribution >= 4 is 0 Å². The summed E-state index contributed by atoms with van der Waals surface area (Å²) in [5.41, 5.74) is 0. The van der Waals surface area contributed by atoms with Crippen molar-refractivity contribution < 1.29 is 0 Å². The lowest BCUT2D eigenvalue weighted by atomic mass is 9.74. The predicted octanol–water partition coefficient (Wildman–Crippen LogP) is 23.3. The van der Waals surface area contributed by atoms with Gasteiger partial charge < -0.3 is 0 Å². The molecule has 0 saturated heterocycles. The van der Waals surface area contributed by atoms with Crippen LogP contribution in [0.5, 0.6) is 0 Å². The van der Waals surface area contributed by atoms with E-state index in [4.69, 9.17) is 0 Å². The second-order valence-electron chi connectivity index (χ2n) is 29.4. The number of hydrogen-bond acceptors (Lipinski definition) is 0. The van der Waals surface area contributed by atoms with Crippen LogP contribution in [0.3, 0.4) is 0 Å². The van der Waals surface area contributed by atoms with E-state index < -0.39 is 0 Å². The summed E-state index contributed by atoms with van der Waals surface area (Å²) in [6, 6.07) is 0. The van der Waals surface area contributed by atoms with Gasteiger partial charge in [-0.05, 0) is 290 Å². The lowest BCUT2D eigenvalue weighted by Crippen LogP contribution is -2.24. The van der Waals surface area contributed by atoms with Crippen molar-refractivity contribution in [1.29, 1.82) is 0 Å². The van der Waals surface area contributed by atoms with Crippen LogP contribution in [-0.2, 0) is 0 Å². The van der Waals surface area contributed by atoms with Gasteiger partial charge in [-0.1, -0.05) is 177 Å². The molecule has 10 bridgehead atoms. The molecule has 10 saturated carbocycles. The molecule has 75 heavy (non-hydrogen) atoms. The van der Waals surface area contributed by atoms with Gasteiger partial charge in [-0.3, -0.25) is 0 Å². The molecule has 0 amide bonds. The average Bonchev–Trinajstić information content (AvgIpc) is 4.31. The molecule has 0 aliphatic heterocycles. The highest BCUT2D eigenvalue weighted by Gasteiger charge is 2.51. The molecular formula is C75H130. The average molecular weight is 1030 g/mol. The number of fused-ring (bicyclic) bond motifs is 10. The summed E-state index contributed by atoms with van der Waals surface area (Å²) in [6.45, 7) is 37.5. The van der Waals surface area contributed by atoms with Crippen molar-refractivity contribution in [1.82, 2.24) is 0 Å². The van der Waals surface area contributed by atoms with Crippen molar-refractivity contribution in [3.8, 4) is 0 Å². The highest BCUT2D eigenvalue weighted by atomic mass is 14.6. The molecule has 25 unspecified atom stereocenters. The molecule has 0 nitrogen and oxygen atoms in total. The SMILES string of the molecule is C=CCCCCC1CC2CC1C(C)C2C.CC=CCCCC1CC2CC1C(C)C2C.CCC=CCCC1CC2CC1C(C)C2C.CCCC/C=C/C1CC2CC1C(C)C2C.CCCC=CCC1CC2CC1C(C)C2C. The zero-order valence-electron chi connectivity index (χ0n) is 52.7. The second kappa shape index (κ2) is 31.6. The van der Waals surface area contributed by atoms with Crippen LogP contribution in [0.25, 0.3) is 0 Å². The van der Waals surface area contributed by atoms with Gasteiger partial charge in [-0.2, -0.15) is 0 Å². The van der Waals surface area contributed by atoms with Crippen LogP contribution in [-0.4, -0.2) is 0 Å². The number of hydrogen-bond donors (Lipinski definition) is 0. The van der Waals surface area contributed by atoms with Crippen LogP contribution in [0.2, 0.25) is 0 Å². The van der Waals surface area contributed by atoms with E-state index in [0.717, 1.165) is 148 Å². The van der Waals surface area contributed by atoms with Crippen LogP contribution in [0.1, 0.15) is 264 Å². The van der Waals surface area contributed by atoms with Gasteiger partial charge in [0.25, 0.3) is 0 Å². The van der Waals surface area contributed by atoms with Gasteiger partial charge >= 0.3 is 0 Å². The fourth-order valence-corrected chi connectivity index (χ4v) is 20.0. The standard InChI is InChI=1S/5C15H26/c5*1-4-5-6-7-8-13-9-14-10-15(13)12(3)11(14)2/h7-8,11-15H,4-6,9-10H2,1-3H3;6-7,11-15H,4-5,8-10H2,1-3H3;5-6,11-15H,4,7-10H2,1-3H3;4-5,11-15H,6-10H2,1-3H3;4,11-15H,1,5-10H2,2-3H3/b8-7+;;;;. The first-order valence-electron chi connectivity index (χ1n) is 34.4. The molecule has 430 valence electrons. The van der Waals surface area contributed by atoms with Crippen molar-refractivity contribution in [2.24, 2.45) is 148 Å². The van der Waals surface area contributed by atoms with Gasteiger partial charge in [-0.25, -0.2) is 0 Å².